The minimum atomic E-state index is 0.0556. The molecule has 0 fully saturated rings. The minimum Gasteiger partial charge on any atom is -0.396 e. The topological polar surface area (TPSA) is 40.5 Å². The van der Waals surface area contributed by atoms with E-state index in [4.69, 9.17) is 16.7 Å². The van der Waals surface area contributed by atoms with Crippen LogP contribution in [0.1, 0.15) is 41.3 Å². The summed E-state index contributed by atoms with van der Waals surface area (Å²) in [7, 11) is 0. The first-order valence-electron chi connectivity index (χ1n) is 8.38. The highest BCUT2D eigenvalue weighted by Gasteiger charge is 2.17. The first kappa shape index (κ1) is 18.5. The first-order chi connectivity index (χ1) is 11.7. The number of rotatable bonds is 8. The molecule has 4 heteroatoms. The van der Waals surface area contributed by atoms with Crippen molar-refractivity contribution in [2.24, 2.45) is 0 Å². The van der Waals surface area contributed by atoms with Crippen molar-refractivity contribution in [1.82, 2.24) is 4.90 Å². The fourth-order valence-electron chi connectivity index (χ4n) is 2.69. The van der Waals surface area contributed by atoms with Crippen molar-refractivity contribution in [3.63, 3.8) is 0 Å². The third kappa shape index (κ3) is 5.08. The Morgan fingerprint density at radius 2 is 1.79 bits per heavy atom. The summed E-state index contributed by atoms with van der Waals surface area (Å²) >= 11 is 5.94. The monoisotopic (exact) mass is 345 g/mol. The van der Waals surface area contributed by atoms with E-state index >= 15 is 0 Å². The molecule has 0 spiro atoms. The second-order valence-electron chi connectivity index (χ2n) is 5.78. The molecule has 0 aliphatic rings. The van der Waals surface area contributed by atoms with Gasteiger partial charge in [0.05, 0.1) is 0 Å². The highest BCUT2D eigenvalue weighted by molar-refractivity contribution is 6.30. The molecule has 0 aliphatic carbocycles. The smallest absolute Gasteiger partial charge is 0.254 e. The third-order valence-electron chi connectivity index (χ3n) is 4.06. The van der Waals surface area contributed by atoms with Crippen molar-refractivity contribution in [2.75, 3.05) is 19.7 Å². The van der Waals surface area contributed by atoms with Crippen LogP contribution in [-0.2, 0) is 6.42 Å². The summed E-state index contributed by atoms with van der Waals surface area (Å²) in [5.41, 5.74) is 2.90. The van der Waals surface area contributed by atoms with E-state index in [1.807, 2.05) is 60.4 Å². The summed E-state index contributed by atoms with van der Waals surface area (Å²) in [6, 6.07) is 15.5. The summed E-state index contributed by atoms with van der Waals surface area (Å²) in [6.45, 7) is 3.49. The van der Waals surface area contributed by atoms with Crippen LogP contribution in [0.25, 0.3) is 0 Å². The van der Waals surface area contributed by atoms with Gasteiger partial charge in [-0.05, 0) is 55.5 Å². The molecular weight excluding hydrogens is 322 g/mol. The normalized spacial score (nSPS) is 10.6. The van der Waals surface area contributed by atoms with Gasteiger partial charge in [0.25, 0.3) is 5.91 Å². The highest BCUT2D eigenvalue weighted by Crippen LogP contribution is 2.18. The summed E-state index contributed by atoms with van der Waals surface area (Å²) in [4.78, 5) is 14.7. The summed E-state index contributed by atoms with van der Waals surface area (Å²) in [5, 5.41) is 9.63. The maximum Gasteiger partial charge on any atom is 0.254 e. The molecule has 0 atom stereocenters. The van der Waals surface area contributed by atoms with Crippen molar-refractivity contribution in [2.45, 2.75) is 26.2 Å². The van der Waals surface area contributed by atoms with Gasteiger partial charge in [-0.3, -0.25) is 4.79 Å². The Kier molecular flexibility index (Phi) is 7.29. The number of carbonyl (C=O) groups excluding carboxylic acids is 1. The molecule has 2 aromatic rings. The van der Waals surface area contributed by atoms with Crippen LogP contribution in [-0.4, -0.2) is 35.6 Å². The van der Waals surface area contributed by atoms with Gasteiger partial charge in [-0.25, -0.2) is 0 Å². The maximum atomic E-state index is 12.9. The van der Waals surface area contributed by atoms with Crippen LogP contribution in [0, 0.1) is 0 Å². The molecule has 1 N–H and O–H groups in total. The lowest BCUT2D eigenvalue weighted by Crippen LogP contribution is -2.32. The van der Waals surface area contributed by atoms with E-state index in [-0.39, 0.29) is 12.5 Å². The van der Waals surface area contributed by atoms with Crippen LogP contribution in [0.3, 0.4) is 0 Å². The molecule has 24 heavy (non-hydrogen) atoms. The Labute approximate surface area is 148 Å². The van der Waals surface area contributed by atoms with Crippen LogP contribution < -0.4 is 0 Å². The molecule has 0 saturated carbocycles. The van der Waals surface area contributed by atoms with Crippen molar-refractivity contribution in [1.29, 1.82) is 0 Å². The Morgan fingerprint density at radius 1 is 1.08 bits per heavy atom. The van der Waals surface area contributed by atoms with Crippen LogP contribution >= 0.6 is 11.6 Å². The predicted octanol–water partition coefficient (Wildman–Crippen LogP) is 4.17. The zero-order chi connectivity index (χ0) is 17.4. The molecule has 0 saturated heterocycles. The Balaban J connectivity index is 2.17. The summed E-state index contributed by atoms with van der Waals surface area (Å²) in [5.74, 6) is 0.0556. The van der Waals surface area contributed by atoms with Gasteiger partial charge in [-0.2, -0.15) is 0 Å². The predicted molar refractivity (Wildman–Crippen MR) is 98.6 cm³/mol. The molecule has 0 radical (unpaired) electrons. The zero-order valence-electron chi connectivity index (χ0n) is 14.0. The summed E-state index contributed by atoms with van der Waals surface area (Å²) in [6.07, 6.45) is 2.24. The lowest BCUT2D eigenvalue weighted by Gasteiger charge is -2.22. The number of unbranched alkanes of at least 4 members (excludes halogenated alkanes) is 1. The Morgan fingerprint density at radius 3 is 2.46 bits per heavy atom. The lowest BCUT2D eigenvalue weighted by atomic mass is 9.99. The van der Waals surface area contributed by atoms with Gasteiger partial charge < -0.3 is 10.0 Å². The van der Waals surface area contributed by atoms with Gasteiger partial charge >= 0.3 is 0 Å². The highest BCUT2D eigenvalue weighted by atomic mass is 35.5. The molecule has 2 aromatic carbocycles. The molecular formula is C20H24ClNO2. The Hall–Kier alpha value is -1.84. The molecule has 2 rings (SSSR count). The second-order valence-corrected chi connectivity index (χ2v) is 6.21. The van der Waals surface area contributed by atoms with Crippen molar-refractivity contribution in [3.8, 4) is 0 Å². The van der Waals surface area contributed by atoms with E-state index in [9.17, 15) is 4.79 Å². The van der Waals surface area contributed by atoms with Crippen LogP contribution in [0.2, 0.25) is 5.02 Å². The number of carbonyl (C=O) groups is 1. The Bertz CT molecular complexity index is 655. The van der Waals surface area contributed by atoms with E-state index in [1.165, 1.54) is 0 Å². The van der Waals surface area contributed by atoms with E-state index < -0.39 is 0 Å². The maximum absolute atomic E-state index is 12.9. The SMILES string of the molecule is CCN(CCCCO)C(=O)c1ccccc1Cc1ccc(Cl)cc1. The summed E-state index contributed by atoms with van der Waals surface area (Å²) < 4.78 is 0. The number of halogens is 1. The molecule has 0 heterocycles. The average molecular weight is 346 g/mol. The van der Waals surface area contributed by atoms with Gasteiger partial charge in [-0.1, -0.05) is 41.9 Å². The van der Waals surface area contributed by atoms with Gasteiger partial charge in [0.15, 0.2) is 0 Å². The second kappa shape index (κ2) is 9.45. The van der Waals surface area contributed by atoms with Gasteiger partial charge in [-0.15, -0.1) is 0 Å². The minimum absolute atomic E-state index is 0.0556. The van der Waals surface area contributed by atoms with E-state index in [0.29, 0.717) is 24.5 Å². The largest absolute Gasteiger partial charge is 0.396 e. The molecule has 0 aromatic heterocycles. The van der Waals surface area contributed by atoms with Gasteiger partial charge in [0.1, 0.15) is 0 Å². The standard InChI is InChI=1S/C20H24ClNO2/c1-2-22(13-5-6-14-23)20(24)19-8-4-3-7-17(19)15-16-9-11-18(21)12-10-16/h3-4,7-12,23H,2,5-6,13-15H2,1H3. The van der Waals surface area contributed by atoms with Crippen molar-refractivity contribution < 1.29 is 9.90 Å². The van der Waals surface area contributed by atoms with E-state index in [0.717, 1.165) is 29.5 Å². The lowest BCUT2D eigenvalue weighted by molar-refractivity contribution is 0.0758. The number of hydrogen-bond acceptors (Lipinski definition) is 2. The molecule has 3 nitrogen and oxygen atoms in total. The number of nitrogens with zero attached hydrogens (tertiary/aromatic N) is 1. The van der Waals surface area contributed by atoms with Crippen LogP contribution in [0.5, 0.6) is 0 Å². The van der Waals surface area contributed by atoms with Gasteiger partial charge in [0, 0.05) is 30.3 Å². The van der Waals surface area contributed by atoms with Crippen LogP contribution in [0.4, 0.5) is 0 Å². The molecule has 1 amide bonds. The van der Waals surface area contributed by atoms with E-state index in [2.05, 4.69) is 0 Å². The third-order valence-corrected chi connectivity index (χ3v) is 4.31. The molecule has 128 valence electrons. The van der Waals surface area contributed by atoms with Crippen molar-refractivity contribution in [3.05, 3.63) is 70.2 Å². The van der Waals surface area contributed by atoms with E-state index in [1.54, 1.807) is 0 Å². The number of aliphatic hydroxyl groups is 1. The number of hydrogen-bond donors (Lipinski definition) is 1. The number of benzene rings is 2. The molecule has 0 unspecified atom stereocenters. The fraction of sp³-hybridized carbons (Fsp3) is 0.350. The quantitative estimate of drug-likeness (QED) is 0.729. The zero-order valence-corrected chi connectivity index (χ0v) is 14.8. The fourth-order valence-corrected chi connectivity index (χ4v) is 2.82. The first-order valence-corrected chi connectivity index (χ1v) is 8.76. The molecule has 0 bridgehead atoms. The average Bonchev–Trinajstić information content (AvgIpc) is 2.61. The van der Waals surface area contributed by atoms with Crippen molar-refractivity contribution >= 4 is 17.5 Å². The van der Waals surface area contributed by atoms with Gasteiger partial charge in [0.2, 0.25) is 0 Å². The number of amides is 1. The number of aliphatic hydroxyl groups excluding tert-OH is 1. The molecule has 0 aliphatic heterocycles. The van der Waals surface area contributed by atoms with Crippen LogP contribution in [0.15, 0.2) is 48.5 Å².